The Morgan fingerprint density at radius 2 is 1.81 bits per heavy atom. The highest BCUT2D eigenvalue weighted by molar-refractivity contribution is 7.99. The molecule has 7 heteroatoms. The van der Waals surface area contributed by atoms with Gasteiger partial charge in [-0.05, 0) is 36.8 Å². The molecule has 0 bridgehead atoms. The van der Waals surface area contributed by atoms with Crippen LogP contribution in [0.15, 0.2) is 66.1 Å². The van der Waals surface area contributed by atoms with Gasteiger partial charge in [0.25, 0.3) is 0 Å². The monoisotopic (exact) mass is 380 g/mol. The van der Waals surface area contributed by atoms with E-state index in [2.05, 4.69) is 15.6 Å². The molecular formula is C20H20N4O2S. The van der Waals surface area contributed by atoms with E-state index in [0.29, 0.717) is 11.4 Å². The Bertz CT molecular complexity index is 968. The molecule has 0 aliphatic rings. The maximum atomic E-state index is 12.3. The third-order valence-electron chi connectivity index (χ3n) is 3.78. The van der Waals surface area contributed by atoms with Crippen LogP contribution >= 0.6 is 11.8 Å². The first-order chi connectivity index (χ1) is 13.0. The Morgan fingerprint density at radius 3 is 2.56 bits per heavy atom. The molecule has 6 nitrogen and oxygen atoms in total. The van der Waals surface area contributed by atoms with Crippen molar-refractivity contribution in [2.24, 2.45) is 0 Å². The van der Waals surface area contributed by atoms with E-state index in [1.807, 2.05) is 42.0 Å². The van der Waals surface area contributed by atoms with Crippen LogP contribution in [0, 0.1) is 6.92 Å². The van der Waals surface area contributed by atoms with Crippen LogP contribution in [0.1, 0.15) is 12.5 Å². The van der Waals surface area contributed by atoms with Gasteiger partial charge in [0.05, 0.1) is 11.4 Å². The number of hydrogen-bond acceptors (Lipinski definition) is 4. The number of nitrogens with one attached hydrogen (secondary N) is 2. The number of nitrogens with zero attached hydrogens (tertiary/aromatic N) is 2. The SMILES string of the molecule is CC(=O)Nc1cccc(NC(=O)CSc2nccn2-c2ccccc2C)c1. The molecular weight excluding hydrogens is 360 g/mol. The van der Waals surface area contributed by atoms with Gasteiger partial charge in [0.2, 0.25) is 11.8 Å². The van der Waals surface area contributed by atoms with Crippen molar-refractivity contribution in [1.29, 1.82) is 0 Å². The van der Waals surface area contributed by atoms with Gasteiger partial charge in [-0.3, -0.25) is 14.2 Å². The minimum atomic E-state index is -0.155. The Hall–Kier alpha value is -3.06. The second-order valence-corrected chi connectivity index (χ2v) is 6.91. The number of carbonyl (C=O) groups is 2. The summed E-state index contributed by atoms with van der Waals surface area (Å²) in [5, 5.41) is 6.29. The summed E-state index contributed by atoms with van der Waals surface area (Å²) in [6, 6.07) is 15.1. The molecule has 27 heavy (non-hydrogen) atoms. The first kappa shape index (κ1) is 18.7. The molecule has 0 spiro atoms. The van der Waals surface area contributed by atoms with Crippen molar-refractivity contribution in [1.82, 2.24) is 9.55 Å². The Morgan fingerprint density at radius 1 is 1.07 bits per heavy atom. The fourth-order valence-corrected chi connectivity index (χ4v) is 3.38. The number of aryl methyl sites for hydroxylation is 1. The lowest BCUT2D eigenvalue weighted by atomic mass is 10.2. The van der Waals surface area contributed by atoms with Crippen molar-refractivity contribution < 1.29 is 9.59 Å². The van der Waals surface area contributed by atoms with E-state index in [1.54, 1.807) is 30.5 Å². The van der Waals surface area contributed by atoms with Gasteiger partial charge in [-0.25, -0.2) is 4.98 Å². The van der Waals surface area contributed by atoms with E-state index in [1.165, 1.54) is 18.7 Å². The predicted molar refractivity (Wildman–Crippen MR) is 108 cm³/mol. The molecule has 2 amide bonds. The van der Waals surface area contributed by atoms with Crippen molar-refractivity contribution in [3.63, 3.8) is 0 Å². The highest BCUT2D eigenvalue weighted by Gasteiger charge is 2.11. The molecule has 0 saturated heterocycles. The summed E-state index contributed by atoms with van der Waals surface area (Å²) in [6.07, 6.45) is 3.61. The second-order valence-electron chi connectivity index (χ2n) is 5.97. The van der Waals surface area contributed by atoms with Gasteiger partial charge < -0.3 is 10.6 Å². The average molecular weight is 380 g/mol. The number of anilines is 2. The first-order valence-electron chi connectivity index (χ1n) is 8.42. The quantitative estimate of drug-likeness (QED) is 0.637. The number of thioether (sulfide) groups is 1. The van der Waals surface area contributed by atoms with Gasteiger partial charge in [0.1, 0.15) is 0 Å². The van der Waals surface area contributed by atoms with E-state index in [4.69, 9.17) is 0 Å². The minimum absolute atomic E-state index is 0.140. The third kappa shape index (κ3) is 4.98. The number of aromatic nitrogens is 2. The van der Waals surface area contributed by atoms with E-state index in [9.17, 15) is 9.59 Å². The standard InChI is InChI=1S/C20H20N4O2S/c1-14-6-3-4-9-18(14)24-11-10-21-20(24)27-13-19(26)23-17-8-5-7-16(12-17)22-15(2)25/h3-12H,13H2,1-2H3,(H,22,25)(H,23,26). The zero-order valence-electron chi connectivity index (χ0n) is 15.1. The van der Waals surface area contributed by atoms with Crippen LogP contribution in [-0.4, -0.2) is 27.1 Å². The number of para-hydroxylation sites is 1. The number of carbonyl (C=O) groups excluding carboxylic acids is 2. The molecule has 138 valence electrons. The largest absolute Gasteiger partial charge is 0.326 e. The van der Waals surface area contributed by atoms with Crippen molar-refractivity contribution in [3.05, 3.63) is 66.5 Å². The average Bonchev–Trinajstić information content (AvgIpc) is 3.08. The molecule has 0 atom stereocenters. The molecule has 2 N–H and O–H groups in total. The number of hydrogen-bond donors (Lipinski definition) is 2. The van der Waals surface area contributed by atoms with Crippen LogP contribution in [0.25, 0.3) is 5.69 Å². The van der Waals surface area contributed by atoms with Crippen LogP contribution in [0.2, 0.25) is 0 Å². The maximum Gasteiger partial charge on any atom is 0.234 e. The topological polar surface area (TPSA) is 76.0 Å². The lowest BCUT2D eigenvalue weighted by molar-refractivity contribution is -0.114. The van der Waals surface area contributed by atoms with E-state index < -0.39 is 0 Å². The summed E-state index contributed by atoms with van der Waals surface area (Å²) in [5.41, 5.74) is 3.45. The summed E-state index contributed by atoms with van der Waals surface area (Å²) in [6.45, 7) is 3.48. The highest BCUT2D eigenvalue weighted by atomic mass is 32.2. The summed E-state index contributed by atoms with van der Waals surface area (Å²) in [5.74, 6) is -0.0656. The molecule has 1 aromatic heterocycles. The fourth-order valence-electron chi connectivity index (χ4n) is 2.62. The van der Waals surface area contributed by atoms with Crippen molar-refractivity contribution >= 4 is 35.0 Å². The summed E-state index contributed by atoms with van der Waals surface area (Å²) >= 11 is 1.37. The van der Waals surface area contributed by atoms with E-state index >= 15 is 0 Å². The van der Waals surface area contributed by atoms with Crippen LogP contribution in [0.5, 0.6) is 0 Å². The number of benzene rings is 2. The Kier molecular flexibility index (Phi) is 5.93. The molecule has 3 rings (SSSR count). The van der Waals surface area contributed by atoms with Crippen molar-refractivity contribution in [3.8, 4) is 5.69 Å². The molecule has 0 saturated carbocycles. The molecule has 1 heterocycles. The van der Waals surface area contributed by atoms with E-state index in [-0.39, 0.29) is 17.6 Å². The summed E-state index contributed by atoms with van der Waals surface area (Å²) < 4.78 is 1.98. The molecule has 0 unspecified atom stereocenters. The lowest BCUT2D eigenvalue weighted by Crippen LogP contribution is -2.15. The summed E-state index contributed by atoms with van der Waals surface area (Å²) in [4.78, 5) is 27.8. The number of amides is 2. The Labute approximate surface area is 162 Å². The number of rotatable bonds is 6. The third-order valence-corrected chi connectivity index (χ3v) is 4.75. The highest BCUT2D eigenvalue weighted by Crippen LogP contribution is 2.23. The molecule has 0 fully saturated rings. The van der Waals surface area contributed by atoms with Crippen molar-refractivity contribution in [2.75, 3.05) is 16.4 Å². The van der Waals surface area contributed by atoms with Crippen LogP contribution < -0.4 is 10.6 Å². The van der Waals surface area contributed by atoms with Gasteiger partial charge in [0, 0.05) is 30.7 Å². The smallest absolute Gasteiger partial charge is 0.234 e. The zero-order valence-corrected chi connectivity index (χ0v) is 15.9. The molecule has 2 aromatic carbocycles. The van der Waals surface area contributed by atoms with Crippen molar-refractivity contribution in [2.45, 2.75) is 19.0 Å². The lowest BCUT2D eigenvalue weighted by Gasteiger charge is -2.10. The zero-order chi connectivity index (χ0) is 19.2. The fraction of sp³-hybridized carbons (Fsp3) is 0.150. The van der Waals surface area contributed by atoms with Crippen LogP contribution in [0.4, 0.5) is 11.4 Å². The Balaban J connectivity index is 1.63. The first-order valence-corrected chi connectivity index (χ1v) is 9.41. The maximum absolute atomic E-state index is 12.3. The molecule has 0 aliphatic heterocycles. The minimum Gasteiger partial charge on any atom is -0.326 e. The molecule has 3 aromatic rings. The van der Waals surface area contributed by atoms with Crippen LogP contribution in [-0.2, 0) is 9.59 Å². The van der Waals surface area contributed by atoms with Gasteiger partial charge in [0.15, 0.2) is 5.16 Å². The predicted octanol–water partition coefficient (Wildman–Crippen LogP) is 3.87. The van der Waals surface area contributed by atoms with Gasteiger partial charge in [-0.2, -0.15) is 0 Å². The molecule has 0 aliphatic carbocycles. The van der Waals surface area contributed by atoms with Crippen LogP contribution in [0.3, 0.4) is 0 Å². The van der Waals surface area contributed by atoms with Gasteiger partial charge in [-0.15, -0.1) is 0 Å². The van der Waals surface area contributed by atoms with E-state index in [0.717, 1.165) is 16.4 Å². The normalized spacial score (nSPS) is 10.4. The van der Waals surface area contributed by atoms with Gasteiger partial charge in [-0.1, -0.05) is 36.0 Å². The molecule has 0 radical (unpaired) electrons. The number of imidazole rings is 1. The summed E-state index contributed by atoms with van der Waals surface area (Å²) in [7, 11) is 0. The van der Waals surface area contributed by atoms with Gasteiger partial charge >= 0.3 is 0 Å². The second kappa shape index (κ2) is 8.55.